The van der Waals surface area contributed by atoms with Gasteiger partial charge in [0.2, 0.25) is 5.91 Å². The molecule has 2 amide bonds. The lowest BCUT2D eigenvalue weighted by atomic mass is 10.1. The average Bonchev–Trinajstić information content (AvgIpc) is 3.21. The Balaban J connectivity index is 2.25. The summed E-state index contributed by atoms with van der Waals surface area (Å²) in [6, 6.07) is 9.24. The van der Waals surface area contributed by atoms with Crippen LogP contribution in [0.15, 0.2) is 35.2 Å². The molecule has 0 spiro atoms. The molecule has 178 valence electrons. The first-order chi connectivity index (χ1) is 15.8. The fourth-order valence-electron chi connectivity index (χ4n) is 3.96. The van der Waals surface area contributed by atoms with Crippen molar-refractivity contribution in [1.29, 1.82) is 0 Å². The maximum atomic E-state index is 15.9. The molecule has 5 nitrogen and oxygen atoms in total. The summed E-state index contributed by atoms with van der Waals surface area (Å²) in [4.78, 5) is 28.0. The van der Waals surface area contributed by atoms with Crippen LogP contribution in [0.4, 0.5) is 24.6 Å². The second kappa shape index (κ2) is 11.0. The molecule has 1 aliphatic rings. The molecule has 1 heterocycles. The van der Waals surface area contributed by atoms with Gasteiger partial charge in [-0.2, -0.15) is 5.12 Å². The predicted octanol–water partition coefficient (Wildman–Crippen LogP) is 5.58. The highest BCUT2D eigenvalue weighted by Crippen LogP contribution is 2.44. The number of hydrogen-bond donors (Lipinski definition) is 0. The molecule has 0 radical (unpaired) electrons. The molecule has 0 bridgehead atoms. The number of nitrogens with zero attached hydrogens (tertiary/aromatic N) is 3. The SMILES string of the molecule is CCCN(F)C(=O)c1c(F)c(N2CCCC2=O)c(F)c(SCC)c1N(C)Cc1ccccc1. The summed E-state index contributed by atoms with van der Waals surface area (Å²) in [5.74, 6) is -3.28. The number of carbonyl (C=O) groups is 2. The van der Waals surface area contributed by atoms with Gasteiger partial charge in [0, 0.05) is 26.6 Å². The van der Waals surface area contributed by atoms with Gasteiger partial charge < -0.3 is 9.80 Å². The summed E-state index contributed by atoms with van der Waals surface area (Å²) in [6.45, 7) is 3.65. The topological polar surface area (TPSA) is 43.9 Å². The molecule has 1 aliphatic heterocycles. The number of thioether (sulfide) groups is 1. The van der Waals surface area contributed by atoms with Crippen LogP contribution in [0, 0.1) is 11.6 Å². The maximum absolute atomic E-state index is 15.9. The monoisotopic (exact) mass is 479 g/mol. The molecule has 0 N–H and O–H groups in total. The molecule has 2 aromatic carbocycles. The molecule has 3 rings (SSSR count). The quantitative estimate of drug-likeness (QED) is 0.348. The molecule has 33 heavy (non-hydrogen) atoms. The highest BCUT2D eigenvalue weighted by atomic mass is 32.2. The number of halogens is 3. The van der Waals surface area contributed by atoms with E-state index in [1.54, 1.807) is 25.8 Å². The standard InChI is InChI=1S/C24H28F3N3O2S/c1-4-13-30(27)24(32)18-19(25)22(29-14-9-12-17(29)31)20(26)23(33-5-2)21(18)28(3)15-16-10-7-6-8-11-16/h6-8,10-11H,4-5,9,12-15H2,1-3H3. The third kappa shape index (κ3) is 5.13. The molecular weight excluding hydrogens is 451 g/mol. The van der Waals surface area contributed by atoms with E-state index in [1.807, 2.05) is 30.3 Å². The molecule has 0 aromatic heterocycles. The Bertz CT molecular complexity index is 1020. The van der Waals surface area contributed by atoms with Crippen molar-refractivity contribution in [2.75, 3.05) is 35.7 Å². The van der Waals surface area contributed by atoms with Gasteiger partial charge in [-0.3, -0.25) is 9.59 Å². The van der Waals surface area contributed by atoms with Gasteiger partial charge in [0.05, 0.1) is 17.1 Å². The van der Waals surface area contributed by atoms with Crippen LogP contribution < -0.4 is 9.80 Å². The van der Waals surface area contributed by atoms with Gasteiger partial charge in [0.1, 0.15) is 11.3 Å². The van der Waals surface area contributed by atoms with Crippen molar-refractivity contribution in [3.63, 3.8) is 0 Å². The molecule has 1 fully saturated rings. The van der Waals surface area contributed by atoms with E-state index in [0.29, 0.717) is 18.6 Å². The Hall–Kier alpha value is -2.68. The van der Waals surface area contributed by atoms with E-state index in [4.69, 9.17) is 0 Å². The number of carbonyl (C=O) groups excluding carboxylic acids is 2. The predicted molar refractivity (Wildman–Crippen MR) is 125 cm³/mol. The zero-order valence-corrected chi connectivity index (χ0v) is 19.9. The second-order valence-corrected chi connectivity index (χ2v) is 9.12. The van der Waals surface area contributed by atoms with Gasteiger partial charge >= 0.3 is 0 Å². The van der Waals surface area contributed by atoms with Gasteiger partial charge in [-0.05, 0) is 24.2 Å². The molecule has 2 aromatic rings. The van der Waals surface area contributed by atoms with E-state index in [-0.39, 0.29) is 41.8 Å². The van der Waals surface area contributed by atoms with E-state index in [1.165, 1.54) is 0 Å². The molecule has 0 atom stereocenters. The van der Waals surface area contributed by atoms with Crippen molar-refractivity contribution in [3.8, 4) is 0 Å². The van der Waals surface area contributed by atoms with Crippen molar-refractivity contribution >= 4 is 35.0 Å². The van der Waals surface area contributed by atoms with Gasteiger partial charge in [-0.25, -0.2) is 8.78 Å². The van der Waals surface area contributed by atoms with Gasteiger partial charge in [0.25, 0.3) is 5.91 Å². The third-order valence-electron chi connectivity index (χ3n) is 5.42. The fourth-order valence-corrected chi connectivity index (χ4v) is 4.86. The summed E-state index contributed by atoms with van der Waals surface area (Å²) in [5.41, 5.74) is -0.286. The first-order valence-corrected chi connectivity index (χ1v) is 12.0. The normalized spacial score (nSPS) is 13.5. The van der Waals surface area contributed by atoms with Crippen LogP contribution in [0.25, 0.3) is 0 Å². The van der Waals surface area contributed by atoms with Crippen LogP contribution in [-0.4, -0.2) is 42.8 Å². The minimum atomic E-state index is -1.21. The first-order valence-electron chi connectivity index (χ1n) is 11.0. The number of amides is 2. The molecule has 0 unspecified atom stereocenters. The smallest absolute Gasteiger partial charge is 0.286 e. The van der Waals surface area contributed by atoms with Crippen LogP contribution in [0.3, 0.4) is 0 Å². The Kier molecular flexibility index (Phi) is 8.29. The zero-order valence-electron chi connectivity index (χ0n) is 19.0. The van der Waals surface area contributed by atoms with E-state index in [2.05, 4.69) is 0 Å². The van der Waals surface area contributed by atoms with Crippen LogP contribution in [-0.2, 0) is 11.3 Å². The van der Waals surface area contributed by atoms with Crippen LogP contribution >= 0.6 is 11.8 Å². The Morgan fingerprint density at radius 2 is 1.85 bits per heavy atom. The highest BCUT2D eigenvalue weighted by Gasteiger charge is 2.37. The lowest BCUT2D eigenvalue weighted by molar-refractivity contribution is -0.117. The number of hydrogen-bond acceptors (Lipinski definition) is 4. The number of rotatable bonds is 9. The maximum Gasteiger partial charge on any atom is 0.286 e. The first kappa shape index (κ1) is 25.0. The lowest BCUT2D eigenvalue weighted by Gasteiger charge is -2.29. The second-order valence-electron chi connectivity index (χ2n) is 7.84. The summed E-state index contributed by atoms with van der Waals surface area (Å²) in [7, 11) is 1.61. The fraction of sp³-hybridized carbons (Fsp3) is 0.417. The molecule has 1 saturated heterocycles. The van der Waals surface area contributed by atoms with Gasteiger partial charge in [-0.15, -0.1) is 11.8 Å². The summed E-state index contributed by atoms with van der Waals surface area (Å²) in [5, 5.41) is -0.0495. The molecule has 9 heteroatoms. The average molecular weight is 480 g/mol. The minimum absolute atomic E-state index is 0.0140. The van der Waals surface area contributed by atoms with Crippen LogP contribution in [0.2, 0.25) is 0 Å². The van der Waals surface area contributed by atoms with Crippen molar-refractivity contribution in [1.82, 2.24) is 5.12 Å². The van der Waals surface area contributed by atoms with Crippen molar-refractivity contribution in [3.05, 3.63) is 53.1 Å². The van der Waals surface area contributed by atoms with E-state index < -0.39 is 34.7 Å². The van der Waals surface area contributed by atoms with E-state index in [0.717, 1.165) is 22.2 Å². The molecule has 0 aliphatic carbocycles. The molecule has 0 saturated carbocycles. The summed E-state index contributed by atoms with van der Waals surface area (Å²) >= 11 is 1.09. The van der Waals surface area contributed by atoms with Crippen molar-refractivity contribution in [2.24, 2.45) is 0 Å². The Morgan fingerprint density at radius 3 is 2.42 bits per heavy atom. The van der Waals surface area contributed by atoms with Gasteiger partial charge in [-0.1, -0.05) is 48.7 Å². The summed E-state index contributed by atoms with van der Waals surface area (Å²) in [6.07, 6.45) is 0.950. The van der Waals surface area contributed by atoms with Crippen molar-refractivity contribution in [2.45, 2.75) is 44.6 Å². The summed E-state index contributed by atoms with van der Waals surface area (Å²) < 4.78 is 46.4. The van der Waals surface area contributed by atoms with E-state index in [9.17, 15) is 14.1 Å². The minimum Gasteiger partial charge on any atom is -0.369 e. The number of benzene rings is 2. The van der Waals surface area contributed by atoms with Crippen LogP contribution in [0.1, 0.15) is 49.0 Å². The Labute approximate surface area is 196 Å². The van der Waals surface area contributed by atoms with Crippen LogP contribution in [0.5, 0.6) is 0 Å². The largest absolute Gasteiger partial charge is 0.369 e. The van der Waals surface area contributed by atoms with Crippen molar-refractivity contribution < 1.29 is 22.9 Å². The van der Waals surface area contributed by atoms with E-state index >= 15 is 8.78 Å². The highest BCUT2D eigenvalue weighted by molar-refractivity contribution is 7.99. The Morgan fingerprint density at radius 1 is 1.15 bits per heavy atom. The zero-order chi connectivity index (χ0) is 24.1. The van der Waals surface area contributed by atoms with Gasteiger partial charge in [0.15, 0.2) is 11.6 Å². The molecular formula is C24H28F3N3O2S. The lowest BCUT2D eigenvalue weighted by Crippen LogP contribution is -2.32. The third-order valence-corrected chi connectivity index (χ3v) is 6.37. The number of anilines is 2.